The number of benzene rings is 8. The molecule has 266 valence electrons. The molecule has 2 fully saturated rings. The van der Waals surface area contributed by atoms with E-state index in [9.17, 15) is 0 Å². The molecule has 8 aromatic carbocycles. The van der Waals surface area contributed by atoms with Gasteiger partial charge in [0.25, 0.3) is 0 Å². The molecule has 0 saturated carbocycles. The van der Waals surface area contributed by atoms with Gasteiger partial charge < -0.3 is 4.74 Å². The van der Waals surface area contributed by atoms with Crippen LogP contribution in [0.15, 0.2) is 200 Å². The molecule has 0 N–H and O–H groups in total. The number of nitrogens with zero attached hydrogens (tertiary/aromatic N) is 2. The first-order valence-electron chi connectivity index (χ1n) is 19.7. The van der Waals surface area contributed by atoms with Gasteiger partial charge in [-0.2, -0.15) is 0 Å². The summed E-state index contributed by atoms with van der Waals surface area (Å²) in [6.45, 7) is 0.918. The second-order valence-corrected chi connectivity index (χ2v) is 15.6. The summed E-state index contributed by atoms with van der Waals surface area (Å²) in [7, 11) is 0. The monoisotopic (exact) mass is 718 g/mol. The van der Waals surface area contributed by atoms with Crippen molar-refractivity contribution in [2.45, 2.75) is 30.1 Å². The molecule has 1 spiro atoms. The summed E-state index contributed by atoms with van der Waals surface area (Å²) in [6.07, 6.45) is 0. The third kappa shape index (κ3) is 4.59. The van der Waals surface area contributed by atoms with Gasteiger partial charge in [0.1, 0.15) is 11.5 Å². The van der Waals surface area contributed by atoms with Crippen LogP contribution in [0.25, 0.3) is 33.4 Å². The quantitative estimate of drug-likeness (QED) is 0.159. The average Bonchev–Trinajstić information content (AvgIpc) is 3.84. The fourth-order valence-corrected chi connectivity index (χ4v) is 10.2. The fraction of sp³-hybridized carbons (Fsp3) is 0.0943. The number of para-hydroxylation sites is 2. The number of hydrogen-bond donors (Lipinski definition) is 0. The van der Waals surface area contributed by atoms with Crippen LogP contribution in [-0.4, -0.2) is 16.1 Å². The molecule has 0 bridgehead atoms. The lowest BCUT2D eigenvalue weighted by atomic mass is 9.66. The Labute approximate surface area is 327 Å². The van der Waals surface area contributed by atoms with Crippen LogP contribution >= 0.6 is 0 Å². The van der Waals surface area contributed by atoms with Gasteiger partial charge in [-0.05, 0) is 85.5 Å². The number of hydrazine groups is 1. The largest absolute Gasteiger partial charge is 0.457 e. The van der Waals surface area contributed by atoms with Crippen LogP contribution in [0.2, 0.25) is 0 Å². The van der Waals surface area contributed by atoms with Crippen LogP contribution in [0, 0.1) is 0 Å². The van der Waals surface area contributed by atoms with E-state index in [0.717, 1.165) is 18.0 Å². The van der Waals surface area contributed by atoms with Crippen molar-refractivity contribution in [1.82, 2.24) is 10.0 Å². The van der Waals surface area contributed by atoms with Crippen molar-refractivity contribution in [2.24, 2.45) is 0 Å². The second kappa shape index (κ2) is 12.2. The Morgan fingerprint density at radius 3 is 1.70 bits per heavy atom. The van der Waals surface area contributed by atoms with Crippen molar-refractivity contribution in [1.29, 1.82) is 0 Å². The molecule has 0 radical (unpaired) electrons. The predicted molar refractivity (Wildman–Crippen MR) is 224 cm³/mol. The van der Waals surface area contributed by atoms with Crippen LogP contribution in [0.3, 0.4) is 0 Å². The molecule has 4 aliphatic rings. The minimum atomic E-state index is -0.477. The van der Waals surface area contributed by atoms with Crippen molar-refractivity contribution in [2.75, 3.05) is 0 Å². The molecule has 2 saturated heterocycles. The molecule has 0 aromatic heterocycles. The maximum atomic E-state index is 6.57. The Hall–Kier alpha value is -6.52. The SMILES string of the molecule is c1ccc(CN2C(c3ccccc3)C3C(c4ccc(-c5cccc(-c6ccc7c(c6)C6(c8ccccc8Oc8ccccc86)c6ccccc6-7)c5)cc4)N32)cc1. The number of rotatable bonds is 6. The van der Waals surface area contributed by atoms with Crippen molar-refractivity contribution in [3.05, 3.63) is 239 Å². The zero-order valence-electron chi connectivity index (χ0n) is 30.8. The summed E-state index contributed by atoms with van der Waals surface area (Å²) >= 11 is 0. The highest BCUT2D eigenvalue weighted by atomic mass is 16.5. The van der Waals surface area contributed by atoms with E-state index >= 15 is 0 Å². The van der Waals surface area contributed by atoms with Gasteiger partial charge in [0, 0.05) is 17.7 Å². The van der Waals surface area contributed by atoms with Crippen LogP contribution in [0.1, 0.15) is 51.0 Å². The molecule has 8 aromatic rings. The van der Waals surface area contributed by atoms with E-state index in [1.54, 1.807) is 0 Å². The van der Waals surface area contributed by atoms with Crippen LogP contribution in [0.4, 0.5) is 0 Å². The Balaban J connectivity index is 0.889. The lowest BCUT2D eigenvalue weighted by Crippen LogP contribution is -2.46. The van der Waals surface area contributed by atoms with Crippen LogP contribution in [0.5, 0.6) is 11.5 Å². The van der Waals surface area contributed by atoms with Gasteiger partial charge in [0.2, 0.25) is 0 Å². The summed E-state index contributed by atoms with van der Waals surface area (Å²) < 4.78 is 6.57. The van der Waals surface area contributed by atoms with Gasteiger partial charge >= 0.3 is 0 Å². The van der Waals surface area contributed by atoms with Gasteiger partial charge in [0.05, 0.1) is 23.5 Å². The first kappa shape index (κ1) is 31.8. The molecular weight excluding hydrogens is 681 g/mol. The third-order valence-electron chi connectivity index (χ3n) is 12.7. The Morgan fingerprint density at radius 2 is 0.964 bits per heavy atom. The van der Waals surface area contributed by atoms with E-state index in [-0.39, 0.29) is 0 Å². The summed E-state index contributed by atoms with van der Waals surface area (Å²) in [6, 6.07) is 74.7. The molecule has 3 nitrogen and oxygen atoms in total. The molecular formula is C53H38N2O. The molecule has 3 aliphatic heterocycles. The minimum absolute atomic E-state index is 0.389. The molecule has 1 aliphatic carbocycles. The maximum absolute atomic E-state index is 6.57. The summed E-state index contributed by atoms with van der Waals surface area (Å²) in [5.41, 5.74) is 16.1. The first-order chi connectivity index (χ1) is 27.8. The molecule has 12 rings (SSSR count). The molecule has 56 heavy (non-hydrogen) atoms. The minimum Gasteiger partial charge on any atom is -0.457 e. The molecule has 4 atom stereocenters. The van der Waals surface area contributed by atoms with Gasteiger partial charge in [-0.3, -0.25) is 0 Å². The topological polar surface area (TPSA) is 15.5 Å². The van der Waals surface area contributed by atoms with E-state index in [1.807, 2.05) is 0 Å². The van der Waals surface area contributed by atoms with Crippen molar-refractivity contribution >= 4 is 0 Å². The maximum Gasteiger partial charge on any atom is 0.132 e. The van der Waals surface area contributed by atoms with Crippen LogP contribution < -0.4 is 4.74 Å². The smallest absolute Gasteiger partial charge is 0.132 e. The predicted octanol–water partition coefficient (Wildman–Crippen LogP) is 12.4. The highest BCUT2D eigenvalue weighted by Crippen LogP contribution is 2.64. The Kier molecular flexibility index (Phi) is 6.95. The number of ether oxygens (including phenoxy) is 1. The second-order valence-electron chi connectivity index (χ2n) is 15.6. The van der Waals surface area contributed by atoms with Gasteiger partial charge in [-0.25, -0.2) is 10.0 Å². The first-order valence-corrected chi connectivity index (χ1v) is 19.7. The van der Waals surface area contributed by atoms with Crippen molar-refractivity contribution in [3.63, 3.8) is 0 Å². The van der Waals surface area contributed by atoms with E-state index < -0.39 is 5.41 Å². The average molecular weight is 719 g/mol. The highest BCUT2D eigenvalue weighted by molar-refractivity contribution is 5.90. The van der Waals surface area contributed by atoms with Crippen molar-refractivity contribution in [3.8, 4) is 44.9 Å². The van der Waals surface area contributed by atoms with E-state index in [1.165, 1.54) is 72.3 Å². The zero-order valence-corrected chi connectivity index (χ0v) is 30.8. The Morgan fingerprint density at radius 1 is 0.411 bits per heavy atom. The number of fused-ring (bicyclic) bond motifs is 10. The number of hydrogen-bond acceptors (Lipinski definition) is 3. The highest BCUT2D eigenvalue weighted by Gasteiger charge is 2.67. The Bertz CT molecular complexity index is 2750. The molecule has 3 heteroatoms. The van der Waals surface area contributed by atoms with Crippen LogP contribution in [-0.2, 0) is 12.0 Å². The zero-order chi connectivity index (χ0) is 36.8. The van der Waals surface area contributed by atoms with E-state index in [0.29, 0.717) is 18.1 Å². The third-order valence-corrected chi connectivity index (χ3v) is 12.7. The lowest BCUT2D eigenvalue weighted by Gasteiger charge is -2.41. The van der Waals surface area contributed by atoms with Crippen molar-refractivity contribution < 1.29 is 4.74 Å². The van der Waals surface area contributed by atoms with E-state index in [4.69, 9.17) is 4.74 Å². The van der Waals surface area contributed by atoms with E-state index in [2.05, 4.69) is 210 Å². The van der Waals surface area contributed by atoms with Gasteiger partial charge in [0.15, 0.2) is 0 Å². The standard InChI is InChI=1S/C53H38N2O/c1-3-14-35(15-4-1)34-54-50(37-16-5-2-6-17-37)52-51(55(52)54)38-28-26-36(27-29-38)39-18-13-19-40(32-39)41-30-31-43-42-20-7-8-21-44(42)53(47(43)33-41)45-22-9-11-24-48(45)56-49-25-12-10-23-46(49)53/h1-33,50-52H,34H2. The van der Waals surface area contributed by atoms with Gasteiger partial charge in [-0.1, -0.05) is 176 Å². The van der Waals surface area contributed by atoms with Gasteiger partial charge in [-0.15, -0.1) is 0 Å². The molecule has 3 heterocycles. The lowest BCUT2D eigenvalue weighted by molar-refractivity contribution is -0.0783. The molecule has 4 unspecified atom stereocenters. The molecule has 0 amide bonds. The summed E-state index contributed by atoms with van der Waals surface area (Å²) in [5.74, 6) is 1.83. The normalized spacial score (nSPS) is 20.4. The summed E-state index contributed by atoms with van der Waals surface area (Å²) in [4.78, 5) is 0. The summed E-state index contributed by atoms with van der Waals surface area (Å²) in [5, 5.41) is 5.14. The fourth-order valence-electron chi connectivity index (χ4n) is 10.2.